The molecule has 0 saturated heterocycles. The Bertz CT molecular complexity index is 789. The SMILES string of the molecule is O=C1O[C@H](C(Cl)(Cl)Cl)[P@@](=O)(c2ccccc2)Oc2ccccc21. The molecule has 0 N–H and O–H groups in total. The van der Waals surface area contributed by atoms with Crippen molar-refractivity contribution >= 4 is 53.4 Å². The molecule has 3 rings (SSSR count). The van der Waals surface area contributed by atoms with Crippen molar-refractivity contribution in [2.24, 2.45) is 0 Å². The highest BCUT2D eigenvalue weighted by Gasteiger charge is 2.54. The maximum Gasteiger partial charge on any atom is 0.342 e. The molecule has 0 saturated carbocycles. The van der Waals surface area contributed by atoms with Gasteiger partial charge in [-0.2, -0.15) is 0 Å². The number of alkyl halides is 3. The van der Waals surface area contributed by atoms with Crippen LogP contribution in [0.4, 0.5) is 0 Å². The fourth-order valence-corrected chi connectivity index (χ4v) is 5.65. The zero-order valence-electron chi connectivity index (χ0n) is 11.5. The predicted molar refractivity (Wildman–Crippen MR) is 90.2 cm³/mol. The summed E-state index contributed by atoms with van der Waals surface area (Å²) in [6.45, 7) is 0. The van der Waals surface area contributed by atoms with E-state index in [1.54, 1.807) is 42.5 Å². The number of esters is 1. The van der Waals surface area contributed by atoms with Crippen LogP contribution in [-0.2, 0) is 9.30 Å². The highest BCUT2D eigenvalue weighted by molar-refractivity contribution is 7.68. The summed E-state index contributed by atoms with van der Waals surface area (Å²) >= 11 is 17.8. The van der Waals surface area contributed by atoms with Crippen LogP contribution < -0.4 is 9.83 Å². The summed E-state index contributed by atoms with van der Waals surface area (Å²) in [5.74, 6) is -2.20. The van der Waals surface area contributed by atoms with E-state index in [4.69, 9.17) is 44.1 Å². The predicted octanol–water partition coefficient (Wildman–Crippen LogP) is 4.54. The van der Waals surface area contributed by atoms with E-state index in [2.05, 4.69) is 0 Å². The molecule has 0 fully saturated rings. The average Bonchev–Trinajstić information content (AvgIpc) is 2.64. The number of fused-ring (bicyclic) bond motifs is 1. The highest BCUT2D eigenvalue weighted by atomic mass is 35.6. The van der Waals surface area contributed by atoms with Crippen molar-refractivity contribution in [1.82, 2.24) is 0 Å². The second-order valence-corrected chi connectivity index (χ2v) is 9.55. The lowest BCUT2D eigenvalue weighted by Gasteiger charge is -2.29. The monoisotopic (exact) mass is 390 g/mol. The van der Waals surface area contributed by atoms with E-state index in [9.17, 15) is 9.36 Å². The zero-order valence-corrected chi connectivity index (χ0v) is 14.6. The van der Waals surface area contributed by atoms with Crippen molar-refractivity contribution in [1.29, 1.82) is 0 Å². The van der Waals surface area contributed by atoms with Crippen molar-refractivity contribution in [2.45, 2.75) is 9.64 Å². The normalized spacial score (nSPS) is 24.1. The number of carbonyl (C=O) groups is 1. The minimum atomic E-state index is -3.85. The molecule has 2 aromatic carbocycles. The van der Waals surface area contributed by atoms with Gasteiger partial charge in [0.15, 0.2) is 0 Å². The number of ether oxygens (including phenoxy) is 1. The van der Waals surface area contributed by atoms with Gasteiger partial charge in [0.05, 0.1) is 5.30 Å². The van der Waals surface area contributed by atoms with Crippen molar-refractivity contribution in [3.05, 3.63) is 60.2 Å². The lowest BCUT2D eigenvalue weighted by molar-refractivity contribution is 0.0449. The van der Waals surface area contributed by atoms with Crippen LogP contribution >= 0.6 is 42.2 Å². The van der Waals surface area contributed by atoms with Gasteiger partial charge in [-0.3, -0.25) is 4.57 Å². The second-order valence-electron chi connectivity index (χ2n) is 4.82. The molecule has 1 aliphatic rings. The summed E-state index contributed by atoms with van der Waals surface area (Å²) in [4.78, 5) is 12.3. The number of hydrogen-bond acceptors (Lipinski definition) is 4. The molecule has 1 aliphatic heterocycles. The molecule has 0 aliphatic carbocycles. The van der Waals surface area contributed by atoms with Gasteiger partial charge in [0.2, 0.25) is 9.64 Å². The van der Waals surface area contributed by atoms with Gasteiger partial charge in [-0.15, -0.1) is 0 Å². The Morgan fingerprint density at radius 2 is 1.57 bits per heavy atom. The Labute approximate surface area is 147 Å². The maximum absolute atomic E-state index is 13.6. The van der Waals surface area contributed by atoms with Crippen molar-refractivity contribution in [2.75, 3.05) is 0 Å². The molecule has 23 heavy (non-hydrogen) atoms. The van der Waals surface area contributed by atoms with Crippen molar-refractivity contribution < 1.29 is 18.6 Å². The van der Waals surface area contributed by atoms with Crippen molar-refractivity contribution in [3.63, 3.8) is 0 Å². The van der Waals surface area contributed by atoms with Crippen LogP contribution in [0, 0.1) is 0 Å². The number of cyclic esters (lactones) is 1. The third kappa shape index (κ3) is 3.09. The molecule has 1 heterocycles. The molecule has 2 atom stereocenters. The Hall–Kier alpha value is -1.19. The molecule has 8 heteroatoms. The molecule has 0 radical (unpaired) electrons. The lowest BCUT2D eigenvalue weighted by atomic mass is 10.2. The van der Waals surface area contributed by atoms with Crippen LogP contribution in [0.1, 0.15) is 10.4 Å². The Balaban J connectivity index is 2.22. The molecule has 2 aromatic rings. The second kappa shape index (κ2) is 6.03. The largest absolute Gasteiger partial charge is 0.442 e. The number of rotatable bonds is 1. The first kappa shape index (κ1) is 16.7. The molecule has 120 valence electrons. The van der Waals surface area contributed by atoms with Crippen LogP contribution in [0.25, 0.3) is 0 Å². The van der Waals surface area contributed by atoms with Gasteiger partial charge in [0, 0.05) is 0 Å². The lowest BCUT2D eigenvalue weighted by Crippen LogP contribution is -2.34. The Morgan fingerprint density at radius 1 is 0.957 bits per heavy atom. The molecule has 0 spiro atoms. The van der Waals surface area contributed by atoms with Gasteiger partial charge in [0.1, 0.15) is 11.3 Å². The van der Waals surface area contributed by atoms with E-state index in [0.29, 0.717) is 5.30 Å². The summed E-state index contributed by atoms with van der Waals surface area (Å²) in [7, 11) is -3.85. The van der Waals surface area contributed by atoms with Crippen LogP contribution in [0.15, 0.2) is 54.6 Å². The molecule has 4 nitrogen and oxygen atoms in total. The van der Waals surface area contributed by atoms with Crippen LogP contribution in [-0.4, -0.2) is 15.6 Å². The van der Waals surface area contributed by atoms with E-state index >= 15 is 0 Å². The minimum Gasteiger partial charge on any atom is -0.442 e. The molecule has 0 bridgehead atoms. The van der Waals surface area contributed by atoms with E-state index < -0.39 is 23.0 Å². The third-order valence-corrected chi connectivity index (χ3v) is 6.91. The van der Waals surface area contributed by atoms with E-state index in [1.165, 1.54) is 12.1 Å². The molecule has 0 amide bonds. The smallest absolute Gasteiger partial charge is 0.342 e. The summed E-state index contributed by atoms with van der Waals surface area (Å²) in [5.41, 5.74) is 0.125. The van der Waals surface area contributed by atoms with E-state index in [0.717, 1.165) is 0 Å². The molecular formula is C15H10Cl3O4P. The first-order valence-electron chi connectivity index (χ1n) is 6.54. The third-order valence-electron chi connectivity index (χ3n) is 3.26. The van der Waals surface area contributed by atoms with E-state index in [1.807, 2.05) is 0 Å². The van der Waals surface area contributed by atoms with Gasteiger partial charge >= 0.3 is 13.3 Å². The fraction of sp³-hybridized carbons (Fsp3) is 0.133. The maximum atomic E-state index is 13.6. The van der Waals surface area contributed by atoms with Crippen LogP contribution in [0.2, 0.25) is 0 Å². The zero-order chi connectivity index (χ0) is 16.7. The highest BCUT2D eigenvalue weighted by Crippen LogP contribution is 2.60. The summed E-state index contributed by atoms with van der Waals surface area (Å²) < 4.78 is 22.4. The molecular weight excluding hydrogens is 381 g/mol. The van der Waals surface area contributed by atoms with Crippen LogP contribution in [0.3, 0.4) is 0 Å². The topological polar surface area (TPSA) is 52.6 Å². The minimum absolute atomic E-state index is 0.125. The molecule has 0 unspecified atom stereocenters. The van der Waals surface area contributed by atoms with Gasteiger partial charge in [-0.25, -0.2) is 4.79 Å². The first-order chi connectivity index (χ1) is 10.8. The van der Waals surface area contributed by atoms with Gasteiger partial charge in [-0.05, 0) is 24.3 Å². The summed E-state index contributed by atoms with van der Waals surface area (Å²) in [5, 5.41) is 0.292. The van der Waals surface area contributed by atoms with Gasteiger partial charge in [0.25, 0.3) is 0 Å². The average molecular weight is 392 g/mol. The fourth-order valence-electron chi connectivity index (χ4n) is 2.23. The van der Waals surface area contributed by atoms with E-state index in [-0.39, 0.29) is 11.3 Å². The van der Waals surface area contributed by atoms with Gasteiger partial charge < -0.3 is 9.26 Å². The number of carbonyl (C=O) groups excluding carboxylic acids is 1. The number of benzene rings is 2. The number of halogens is 3. The first-order valence-corrected chi connectivity index (χ1v) is 9.37. The Kier molecular flexibility index (Phi) is 4.37. The summed E-state index contributed by atoms with van der Waals surface area (Å²) in [6, 6.07) is 14.5. The quantitative estimate of drug-likeness (QED) is 0.407. The standard InChI is InChI=1S/C15H10Cl3O4P/c16-15(17,18)14-21-13(19)11-8-4-5-9-12(11)22-23(14,20)10-6-2-1-3-7-10/h1-9,14H/t14-,23+/m0/s1. The number of para-hydroxylation sites is 1. The van der Waals surface area contributed by atoms with Crippen molar-refractivity contribution in [3.8, 4) is 5.75 Å². The Morgan fingerprint density at radius 3 is 2.22 bits per heavy atom. The summed E-state index contributed by atoms with van der Waals surface area (Å²) in [6.07, 6.45) is 0. The molecule has 0 aromatic heterocycles. The number of hydrogen-bond donors (Lipinski definition) is 0. The van der Waals surface area contributed by atoms with Crippen LogP contribution in [0.5, 0.6) is 5.75 Å². The van der Waals surface area contributed by atoms with Gasteiger partial charge in [-0.1, -0.05) is 65.1 Å².